The second-order valence-corrected chi connectivity index (χ2v) is 3.21. The molecular formula is C10H6F7NO. The van der Waals surface area contributed by atoms with E-state index in [1.54, 1.807) is 0 Å². The third kappa shape index (κ3) is 4.12. The van der Waals surface area contributed by atoms with E-state index in [1.807, 2.05) is 0 Å². The summed E-state index contributed by atoms with van der Waals surface area (Å²) in [6.07, 6.45) is -11.0. The van der Waals surface area contributed by atoms with Crippen molar-refractivity contribution >= 4 is 5.69 Å². The van der Waals surface area contributed by atoms with Crippen molar-refractivity contribution in [3.05, 3.63) is 42.0 Å². The Hall–Kier alpha value is -1.77. The summed E-state index contributed by atoms with van der Waals surface area (Å²) in [6.45, 7) is 0. The number of para-hydroxylation sites is 1. The number of hydrogen-bond acceptors (Lipinski definition) is 2. The number of halogens is 7. The highest BCUT2D eigenvalue weighted by Gasteiger charge is 2.49. The highest BCUT2D eigenvalue weighted by atomic mass is 19.4. The van der Waals surface area contributed by atoms with Crippen molar-refractivity contribution in [2.24, 2.45) is 0 Å². The van der Waals surface area contributed by atoms with Crippen LogP contribution in [0.25, 0.3) is 0 Å². The molecule has 9 heteroatoms. The molecule has 0 amide bonds. The van der Waals surface area contributed by atoms with Gasteiger partial charge in [0.25, 0.3) is 0 Å². The minimum absolute atomic E-state index is 0.0811. The van der Waals surface area contributed by atoms with Gasteiger partial charge in [0, 0.05) is 0 Å². The molecule has 19 heavy (non-hydrogen) atoms. The van der Waals surface area contributed by atoms with Crippen molar-refractivity contribution in [1.29, 1.82) is 0 Å². The van der Waals surface area contributed by atoms with Gasteiger partial charge in [-0.2, -0.15) is 35.6 Å². The summed E-state index contributed by atoms with van der Waals surface area (Å²) in [5.41, 5.74) is 1.43. The normalized spacial score (nSPS) is 14.1. The lowest BCUT2D eigenvalue weighted by Gasteiger charge is -2.16. The molecule has 0 aliphatic heterocycles. The largest absolute Gasteiger partial charge is 0.445 e. The SMILES string of the molecule is FC(=C(F)C(F)(F)ONc1ccccc1)C(F)(F)F. The van der Waals surface area contributed by atoms with Gasteiger partial charge in [-0.1, -0.05) is 18.2 Å². The molecule has 0 aliphatic rings. The van der Waals surface area contributed by atoms with Crippen LogP contribution < -0.4 is 5.48 Å². The molecule has 0 spiro atoms. The second-order valence-electron chi connectivity index (χ2n) is 3.21. The maximum atomic E-state index is 12.8. The monoisotopic (exact) mass is 289 g/mol. The fourth-order valence-corrected chi connectivity index (χ4v) is 0.926. The molecular weight excluding hydrogens is 283 g/mol. The molecule has 0 saturated heterocycles. The first kappa shape index (κ1) is 15.3. The van der Waals surface area contributed by atoms with Gasteiger partial charge in [-0.05, 0) is 12.1 Å². The van der Waals surface area contributed by atoms with Crippen LogP contribution in [0, 0.1) is 0 Å². The number of allylic oxidation sites excluding steroid dienone is 1. The van der Waals surface area contributed by atoms with Crippen LogP contribution in [0.15, 0.2) is 42.0 Å². The van der Waals surface area contributed by atoms with E-state index in [4.69, 9.17) is 0 Å². The van der Waals surface area contributed by atoms with Gasteiger partial charge in [0.05, 0.1) is 5.69 Å². The van der Waals surface area contributed by atoms with Gasteiger partial charge in [0.15, 0.2) is 0 Å². The summed E-state index contributed by atoms with van der Waals surface area (Å²) >= 11 is 0. The minimum atomic E-state index is -5.86. The van der Waals surface area contributed by atoms with E-state index < -0.39 is 23.9 Å². The van der Waals surface area contributed by atoms with Crippen LogP contribution in [0.4, 0.5) is 36.4 Å². The summed E-state index contributed by atoms with van der Waals surface area (Å²) < 4.78 is 85.7. The molecule has 1 rings (SSSR count). The average molecular weight is 289 g/mol. The van der Waals surface area contributed by atoms with Gasteiger partial charge in [-0.25, -0.2) is 0 Å². The zero-order valence-corrected chi connectivity index (χ0v) is 8.94. The predicted octanol–water partition coefficient (Wildman–Crippen LogP) is 4.34. The van der Waals surface area contributed by atoms with Crippen molar-refractivity contribution in [2.75, 3.05) is 5.48 Å². The van der Waals surface area contributed by atoms with Gasteiger partial charge in [-0.15, -0.1) is 0 Å². The summed E-state index contributed by atoms with van der Waals surface area (Å²) in [6, 6.07) is 6.75. The fourth-order valence-electron chi connectivity index (χ4n) is 0.926. The molecule has 1 aromatic rings. The van der Waals surface area contributed by atoms with Crippen molar-refractivity contribution < 1.29 is 35.6 Å². The van der Waals surface area contributed by atoms with Crippen molar-refractivity contribution in [3.63, 3.8) is 0 Å². The van der Waals surface area contributed by atoms with E-state index in [-0.39, 0.29) is 5.69 Å². The van der Waals surface area contributed by atoms with Crippen LogP contribution in [0.1, 0.15) is 0 Å². The first-order valence-corrected chi connectivity index (χ1v) is 4.64. The molecule has 0 atom stereocenters. The summed E-state index contributed by atoms with van der Waals surface area (Å²) in [4.78, 5) is 3.44. The number of hydrogen-bond donors (Lipinski definition) is 1. The van der Waals surface area contributed by atoms with Gasteiger partial charge >= 0.3 is 12.3 Å². The standard InChI is InChI=1S/C10H6F7NO/c11-7(9(13,14)15)8(12)10(16,17)19-18-6-4-2-1-3-5-6/h1-5,18H. The van der Waals surface area contributed by atoms with Crippen LogP contribution in [0.3, 0.4) is 0 Å². The Morgan fingerprint density at radius 3 is 1.89 bits per heavy atom. The van der Waals surface area contributed by atoms with Crippen LogP contribution >= 0.6 is 0 Å². The summed E-state index contributed by atoms with van der Waals surface area (Å²) in [5, 5.41) is 0. The molecule has 1 aromatic carbocycles. The molecule has 106 valence electrons. The van der Waals surface area contributed by atoms with E-state index in [0.717, 1.165) is 0 Å². The molecule has 0 aromatic heterocycles. The Kier molecular flexibility index (Phi) is 4.40. The number of nitrogens with one attached hydrogen (secondary N) is 1. The minimum Gasteiger partial charge on any atom is -0.261 e. The topological polar surface area (TPSA) is 21.3 Å². The first-order chi connectivity index (χ1) is 8.64. The zero-order valence-electron chi connectivity index (χ0n) is 8.94. The lowest BCUT2D eigenvalue weighted by Crippen LogP contribution is -2.28. The third-order valence-electron chi connectivity index (χ3n) is 1.77. The number of alkyl halides is 5. The van der Waals surface area contributed by atoms with Gasteiger partial charge in [0.1, 0.15) is 0 Å². The molecule has 1 N–H and O–H groups in total. The Balaban J connectivity index is 2.81. The Morgan fingerprint density at radius 2 is 1.42 bits per heavy atom. The van der Waals surface area contributed by atoms with Crippen LogP contribution in [0.2, 0.25) is 0 Å². The lowest BCUT2D eigenvalue weighted by atomic mass is 10.3. The molecule has 0 bridgehead atoms. The molecule has 0 radical (unpaired) electrons. The fraction of sp³-hybridized carbons (Fsp3) is 0.200. The van der Waals surface area contributed by atoms with Crippen molar-refractivity contribution in [1.82, 2.24) is 0 Å². The quantitative estimate of drug-likeness (QED) is 0.657. The van der Waals surface area contributed by atoms with E-state index >= 15 is 0 Å². The van der Waals surface area contributed by atoms with Crippen LogP contribution in [-0.4, -0.2) is 12.3 Å². The number of anilines is 1. The Labute approximate surface area is 102 Å². The number of benzene rings is 1. The smallest absolute Gasteiger partial charge is 0.261 e. The number of rotatable bonds is 4. The predicted molar refractivity (Wildman–Crippen MR) is 51.4 cm³/mol. The second kappa shape index (κ2) is 5.47. The molecule has 0 fully saturated rings. The van der Waals surface area contributed by atoms with E-state index in [9.17, 15) is 30.7 Å². The van der Waals surface area contributed by atoms with Gasteiger partial charge < -0.3 is 0 Å². The van der Waals surface area contributed by atoms with Gasteiger partial charge in [0.2, 0.25) is 11.7 Å². The highest BCUT2D eigenvalue weighted by molar-refractivity contribution is 5.40. The zero-order chi connectivity index (χ0) is 14.7. The molecule has 0 unspecified atom stereocenters. The summed E-state index contributed by atoms with van der Waals surface area (Å²) in [5.74, 6) is -6.91. The average Bonchev–Trinajstić information content (AvgIpc) is 2.35. The lowest BCUT2D eigenvalue weighted by molar-refractivity contribution is -0.210. The first-order valence-electron chi connectivity index (χ1n) is 4.64. The molecule has 2 nitrogen and oxygen atoms in total. The molecule has 0 saturated carbocycles. The van der Waals surface area contributed by atoms with Crippen LogP contribution in [0.5, 0.6) is 0 Å². The maximum absolute atomic E-state index is 12.8. The van der Waals surface area contributed by atoms with E-state index in [0.29, 0.717) is 0 Å². The Bertz CT molecular complexity index is 455. The third-order valence-corrected chi connectivity index (χ3v) is 1.77. The van der Waals surface area contributed by atoms with E-state index in [2.05, 4.69) is 4.84 Å². The Morgan fingerprint density at radius 1 is 0.895 bits per heavy atom. The molecule has 0 aliphatic carbocycles. The summed E-state index contributed by atoms with van der Waals surface area (Å²) in [7, 11) is 0. The maximum Gasteiger partial charge on any atom is 0.445 e. The van der Waals surface area contributed by atoms with Crippen molar-refractivity contribution in [3.8, 4) is 0 Å². The molecule has 0 heterocycles. The van der Waals surface area contributed by atoms with Gasteiger partial charge in [-0.3, -0.25) is 5.48 Å². The van der Waals surface area contributed by atoms with E-state index in [1.165, 1.54) is 35.8 Å². The van der Waals surface area contributed by atoms with Crippen molar-refractivity contribution in [2.45, 2.75) is 12.3 Å². The van der Waals surface area contributed by atoms with Crippen LogP contribution in [-0.2, 0) is 4.84 Å². The highest BCUT2D eigenvalue weighted by Crippen LogP contribution is 2.37.